The fourth-order valence-electron chi connectivity index (χ4n) is 1.95. The Bertz CT molecular complexity index is 498. The van der Waals surface area contributed by atoms with E-state index in [1.165, 1.54) is 0 Å². The van der Waals surface area contributed by atoms with Crippen LogP contribution in [0, 0.1) is 0 Å². The monoisotopic (exact) mass is 335 g/mol. The molecule has 0 saturated carbocycles. The lowest BCUT2D eigenvalue weighted by atomic mass is 10.2. The molecular weight excluding hydrogens is 306 g/mol. The highest BCUT2D eigenvalue weighted by Gasteiger charge is 2.15. The third kappa shape index (κ3) is 10.5. The molecule has 0 aliphatic heterocycles. The van der Waals surface area contributed by atoms with E-state index in [0.29, 0.717) is 25.9 Å². The molecule has 24 heavy (non-hydrogen) atoms. The molecule has 0 radical (unpaired) electrons. The average molecular weight is 335 g/mol. The molecular formula is C18H29N3O3. The maximum Gasteiger partial charge on any atom is 0.407 e. The standard InChI is InChI=1S/C18H29N3O3/c1-18(2,3)24-17(23)21-12-7-11-16(22)20-14-8-13-19-15-9-5-4-6-10-15/h4-6,9-10,19H,7-8,11-14H2,1-3H3,(H,20,22)(H,21,23). The van der Waals surface area contributed by atoms with Gasteiger partial charge in [0.2, 0.25) is 5.91 Å². The molecule has 0 fully saturated rings. The molecule has 2 amide bonds. The zero-order valence-corrected chi connectivity index (χ0v) is 14.9. The van der Waals surface area contributed by atoms with E-state index in [4.69, 9.17) is 4.74 Å². The highest BCUT2D eigenvalue weighted by atomic mass is 16.6. The van der Waals surface area contributed by atoms with Crippen LogP contribution in [-0.2, 0) is 9.53 Å². The van der Waals surface area contributed by atoms with Gasteiger partial charge in [0.15, 0.2) is 0 Å². The summed E-state index contributed by atoms with van der Waals surface area (Å²) < 4.78 is 5.12. The first-order valence-electron chi connectivity index (χ1n) is 8.39. The van der Waals surface area contributed by atoms with Crippen LogP contribution in [0.15, 0.2) is 30.3 Å². The van der Waals surface area contributed by atoms with Crippen LogP contribution in [0.1, 0.15) is 40.0 Å². The van der Waals surface area contributed by atoms with Gasteiger partial charge in [-0.1, -0.05) is 18.2 Å². The van der Waals surface area contributed by atoms with E-state index in [9.17, 15) is 9.59 Å². The molecule has 0 bridgehead atoms. The minimum atomic E-state index is -0.505. The van der Waals surface area contributed by atoms with Crippen LogP contribution in [0.4, 0.5) is 10.5 Å². The van der Waals surface area contributed by atoms with Crippen molar-refractivity contribution in [3.8, 4) is 0 Å². The number of ether oxygens (including phenoxy) is 1. The normalized spacial score (nSPS) is 10.8. The van der Waals surface area contributed by atoms with Crippen LogP contribution in [0.2, 0.25) is 0 Å². The molecule has 6 heteroatoms. The molecule has 0 aromatic heterocycles. The third-order valence-electron chi connectivity index (χ3n) is 3.03. The Morgan fingerprint density at radius 1 is 0.958 bits per heavy atom. The first-order chi connectivity index (χ1) is 11.4. The largest absolute Gasteiger partial charge is 0.444 e. The minimum Gasteiger partial charge on any atom is -0.444 e. The maximum absolute atomic E-state index is 11.7. The van der Waals surface area contributed by atoms with Crippen LogP contribution in [0.3, 0.4) is 0 Å². The molecule has 134 valence electrons. The predicted molar refractivity (Wildman–Crippen MR) is 96.0 cm³/mol. The molecule has 1 rings (SSSR count). The van der Waals surface area contributed by atoms with Crippen molar-refractivity contribution in [1.29, 1.82) is 0 Å². The second kappa shape index (κ2) is 10.5. The van der Waals surface area contributed by atoms with Crippen molar-refractivity contribution in [2.45, 2.75) is 45.6 Å². The topological polar surface area (TPSA) is 79.5 Å². The summed E-state index contributed by atoms with van der Waals surface area (Å²) in [5.74, 6) is 0.000648. The van der Waals surface area contributed by atoms with Crippen LogP contribution < -0.4 is 16.0 Å². The number of carbonyl (C=O) groups is 2. The van der Waals surface area contributed by atoms with Crippen molar-refractivity contribution in [2.24, 2.45) is 0 Å². The number of rotatable bonds is 9. The zero-order valence-electron chi connectivity index (χ0n) is 14.9. The van der Waals surface area contributed by atoms with Crippen LogP contribution in [0.25, 0.3) is 0 Å². The van der Waals surface area contributed by atoms with Crippen LogP contribution in [-0.4, -0.2) is 37.2 Å². The third-order valence-corrected chi connectivity index (χ3v) is 3.03. The zero-order chi connectivity index (χ0) is 17.8. The first-order valence-corrected chi connectivity index (χ1v) is 8.39. The first kappa shape index (κ1) is 19.8. The Balaban J connectivity index is 1.97. The van der Waals surface area contributed by atoms with E-state index in [0.717, 1.165) is 18.7 Å². The summed E-state index contributed by atoms with van der Waals surface area (Å²) in [4.78, 5) is 23.1. The van der Waals surface area contributed by atoms with Gasteiger partial charge in [-0.3, -0.25) is 4.79 Å². The Morgan fingerprint density at radius 2 is 1.62 bits per heavy atom. The maximum atomic E-state index is 11.7. The number of carbonyl (C=O) groups excluding carboxylic acids is 2. The number of anilines is 1. The van der Waals surface area contributed by atoms with Gasteiger partial charge in [0.25, 0.3) is 0 Å². The van der Waals surface area contributed by atoms with Gasteiger partial charge >= 0.3 is 6.09 Å². The SMILES string of the molecule is CC(C)(C)OC(=O)NCCCC(=O)NCCCNc1ccccc1. The highest BCUT2D eigenvalue weighted by Crippen LogP contribution is 2.06. The summed E-state index contributed by atoms with van der Waals surface area (Å²) in [6, 6.07) is 9.96. The molecule has 0 aliphatic carbocycles. The molecule has 0 saturated heterocycles. The number of alkyl carbamates (subject to hydrolysis) is 1. The number of para-hydroxylation sites is 1. The number of nitrogens with one attached hydrogen (secondary N) is 3. The molecule has 0 atom stereocenters. The van der Waals surface area contributed by atoms with Crippen molar-refractivity contribution in [3.05, 3.63) is 30.3 Å². The molecule has 0 heterocycles. The van der Waals surface area contributed by atoms with Crippen molar-refractivity contribution in [1.82, 2.24) is 10.6 Å². The van der Waals surface area contributed by atoms with Gasteiger partial charge in [0, 0.05) is 31.7 Å². The average Bonchev–Trinajstić information content (AvgIpc) is 2.50. The van der Waals surface area contributed by atoms with E-state index in [-0.39, 0.29) is 5.91 Å². The van der Waals surface area contributed by atoms with Crippen LogP contribution in [0.5, 0.6) is 0 Å². The van der Waals surface area contributed by atoms with Crippen LogP contribution >= 0.6 is 0 Å². The van der Waals surface area contributed by atoms with E-state index in [1.807, 2.05) is 51.1 Å². The number of hydrogen-bond acceptors (Lipinski definition) is 4. The lowest BCUT2D eigenvalue weighted by Gasteiger charge is -2.19. The Kier molecular flexibility index (Phi) is 8.68. The highest BCUT2D eigenvalue weighted by molar-refractivity contribution is 5.75. The molecule has 0 aliphatic rings. The lowest BCUT2D eigenvalue weighted by molar-refractivity contribution is -0.121. The fourth-order valence-corrected chi connectivity index (χ4v) is 1.95. The number of amides is 2. The molecule has 0 unspecified atom stereocenters. The number of hydrogen-bond donors (Lipinski definition) is 3. The van der Waals surface area contributed by atoms with Gasteiger partial charge in [0.1, 0.15) is 5.60 Å². The second-order valence-corrected chi connectivity index (χ2v) is 6.53. The van der Waals surface area contributed by atoms with E-state index < -0.39 is 11.7 Å². The van der Waals surface area contributed by atoms with Gasteiger partial charge in [-0.2, -0.15) is 0 Å². The molecule has 6 nitrogen and oxygen atoms in total. The number of benzene rings is 1. The summed E-state index contributed by atoms with van der Waals surface area (Å²) in [7, 11) is 0. The smallest absolute Gasteiger partial charge is 0.407 e. The summed E-state index contributed by atoms with van der Waals surface area (Å²) in [6.07, 6.45) is 1.39. The van der Waals surface area contributed by atoms with Gasteiger partial charge in [-0.15, -0.1) is 0 Å². The van der Waals surface area contributed by atoms with Crippen molar-refractivity contribution >= 4 is 17.7 Å². The van der Waals surface area contributed by atoms with E-state index in [1.54, 1.807) is 0 Å². The molecule has 1 aromatic carbocycles. The summed E-state index contributed by atoms with van der Waals surface area (Å²) in [5, 5.41) is 8.80. The van der Waals surface area contributed by atoms with Crippen molar-refractivity contribution in [2.75, 3.05) is 25.0 Å². The lowest BCUT2D eigenvalue weighted by Crippen LogP contribution is -2.33. The Hall–Kier alpha value is -2.24. The quantitative estimate of drug-likeness (QED) is 0.606. The minimum absolute atomic E-state index is 0.000648. The van der Waals surface area contributed by atoms with Gasteiger partial charge < -0.3 is 20.7 Å². The fraction of sp³-hybridized carbons (Fsp3) is 0.556. The predicted octanol–water partition coefficient (Wildman–Crippen LogP) is 2.91. The summed E-state index contributed by atoms with van der Waals surface area (Å²) >= 11 is 0. The summed E-state index contributed by atoms with van der Waals surface area (Å²) in [5.41, 5.74) is 0.576. The molecule has 1 aromatic rings. The van der Waals surface area contributed by atoms with Gasteiger partial charge in [-0.25, -0.2) is 4.79 Å². The van der Waals surface area contributed by atoms with E-state index >= 15 is 0 Å². The van der Waals surface area contributed by atoms with Crippen molar-refractivity contribution in [3.63, 3.8) is 0 Å². The Labute approximate surface area is 144 Å². The Morgan fingerprint density at radius 3 is 2.29 bits per heavy atom. The summed E-state index contributed by atoms with van der Waals surface area (Å²) in [6.45, 7) is 7.31. The van der Waals surface area contributed by atoms with Gasteiger partial charge in [-0.05, 0) is 45.7 Å². The van der Waals surface area contributed by atoms with E-state index in [2.05, 4.69) is 16.0 Å². The molecule has 0 spiro atoms. The van der Waals surface area contributed by atoms with Crippen molar-refractivity contribution < 1.29 is 14.3 Å². The molecule has 3 N–H and O–H groups in total. The second-order valence-electron chi connectivity index (χ2n) is 6.53. The van der Waals surface area contributed by atoms with Gasteiger partial charge in [0.05, 0.1) is 0 Å².